The van der Waals surface area contributed by atoms with Gasteiger partial charge in [-0.05, 0) is 62.3 Å². The van der Waals surface area contributed by atoms with E-state index in [0.717, 1.165) is 0 Å². The van der Waals surface area contributed by atoms with Crippen LogP contribution in [-0.2, 0) is 0 Å². The number of rotatable bonds is 1. The highest BCUT2D eigenvalue weighted by atomic mass is 14.2. The predicted molar refractivity (Wildman–Crippen MR) is 76.0 cm³/mol. The summed E-state index contributed by atoms with van der Waals surface area (Å²) in [5.74, 6) is 0.638. The van der Waals surface area contributed by atoms with Crippen LogP contribution < -0.4 is 0 Å². The van der Waals surface area contributed by atoms with Crippen molar-refractivity contribution in [2.45, 2.75) is 41.0 Å². The van der Waals surface area contributed by atoms with Crippen LogP contribution in [0.15, 0.2) is 35.4 Å². The SMILES string of the molecule is CC1=CCC(C)C(c2cc(C)ccc2C)=C1C. The van der Waals surface area contributed by atoms with Gasteiger partial charge in [0.05, 0.1) is 0 Å². The Balaban J connectivity index is 2.62. The third kappa shape index (κ3) is 2.22. The Labute approximate surface area is 105 Å². The average molecular weight is 226 g/mol. The molecule has 0 heteroatoms. The highest BCUT2D eigenvalue weighted by Crippen LogP contribution is 2.37. The summed E-state index contributed by atoms with van der Waals surface area (Å²) in [5.41, 5.74) is 8.65. The summed E-state index contributed by atoms with van der Waals surface area (Å²) in [6.45, 7) is 11.2. The van der Waals surface area contributed by atoms with Crippen molar-refractivity contribution in [1.82, 2.24) is 0 Å². The number of benzene rings is 1. The summed E-state index contributed by atoms with van der Waals surface area (Å²) in [4.78, 5) is 0. The lowest BCUT2D eigenvalue weighted by atomic mass is 9.80. The van der Waals surface area contributed by atoms with Crippen LogP contribution >= 0.6 is 0 Å². The molecule has 0 spiro atoms. The van der Waals surface area contributed by atoms with E-state index in [9.17, 15) is 0 Å². The van der Waals surface area contributed by atoms with Gasteiger partial charge in [-0.1, -0.05) is 42.3 Å². The van der Waals surface area contributed by atoms with E-state index < -0.39 is 0 Å². The summed E-state index contributed by atoms with van der Waals surface area (Å²) in [6, 6.07) is 6.78. The first-order valence-corrected chi connectivity index (χ1v) is 6.46. The lowest BCUT2D eigenvalue weighted by Crippen LogP contribution is -2.07. The molecule has 0 amide bonds. The van der Waals surface area contributed by atoms with Crippen LogP contribution in [0.1, 0.15) is 43.9 Å². The Hall–Kier alpha value is -1.30. The molecular formula is C17H22. The van der Waals surface area contributed by atoms with E-state index in [0.29, 0.717) is 5.92 Å². The quantitative estimate of drug-likeness (QED) is 0.627. The maximum Gasteiger partial charge on any atom is -0.0147 e. The molecule has 1 aromatic rings. The zero-order chi connectivity index (χ0) is 12.6. The molecule has 90 valence electrons. The van der Waals surface area contributed by atoms with E-state index >= 15 is 0 Å². The fourth-order valence-corrected chi connectivity index (χ4v) is 2.70. The van der Waals surface area contributed by atoms with Crippen LogP contribution in [0.2, 0.25) is 0 Å². The zero-order valence-electron chi connectivity index (χ0n) is 11.6. The minimum Gasteiger partial charge on any atom is -0.0807 e. The van der Waals surface area contributed by atoms with E-state index in [4.69, 9.17) is 0 Å². The van der Waals surface area contributed by atoms with Crippen molar-refractivity contribution in [2.24, 2.45) is 5.92 Å². The van der Waals surface area contributed by atoms with Crippen molar-refractivity contribution in [3.63, 3.8) is 0 Å². The largest absolute Gasteiger partial charge is 0.0807 e. The Morgan fingerprint density at radius 2 is 1.76 bits per heavy atom. The number of hydrogen-bond acceptors (Lipinski definition) is 0. The summed E-state index contributed by atoms with van der Waals surface area (Å²) >= 11 is 0. The molecule has 1 unspecified atom stereocenters. The van der Waals surface area contributed by atoms with Gasteiger partial charge in [0.2, 0.25) is 0 Å². The minimum absolute atomic E-state index is 0.638. The Bertz CT molecular complexity index is 501. The molecule has 0 N–H and O–H groups in total. The molecular weight excluding hydrogens is 204 g/mol. The maximum atomic E-state index is 2.37. The van der Waals surface area contributed by atoms with Gasteiger partial charge in [-0.25, -0.2) is 0 Å². The lowest BCUT2D eigenvalue weighted by molar-refractivity contribution is 0.744. The molecule has 0 aromatic heterocycles. The molecule has 2 rings (SSSR count). The summed E-state index contributed by atoms with van der Waals surface area (Å²) in [5, 5.41) is 0. The second-order valence-electron chi connectivity index (χ2n) is 5.38. The molecule has 0 radical (unpaired) electrons. The normalized spacial score (nSPS) is 20.5. The van der Waals surface area contributed by atoms with Gasteiger partial charge in [0, 0.05) is 0 Å². The maximum absolute atomic E-state index is 2.37. The first kappa shape index (κ1) is 12.2. The molecule has 0 saturated carbocycles. The van der Waals surface area contributed by atoms with Gasteiger partial charge in [0.15, 0.2) is 0 Å². The summed E-state index contributed by atoms with van der Waals surface area (Å²) in [6.07, 6.45) is 3.54. The highest BCUT2D eigenvalue weighted by molar-refractivity contribution is 5.76. The highest BCUT2D eigenvalue weighted by Gasteiger charge is 2.19. The van der Waals surface area contributed by atoms with Gasteiger partial charge in [-0.15, -0.1) is 0 Å². The molecule has 1 aromatic carbocycles. The van der Waals surface area contributed by atoms with E-state index in [1.807, 2.05) is 0 Å². The van der Waals surface area contributed by atoms with Gasteiger partial charge in [-0.3, -0.25) is 0 Å². The number of hydrogen-bond donors (Lipinski definition) is 0. The van der Waals surface area contributed by atoms with Crippen molar-refractivity contribution < 1.29 is 0 Å². The monoisotopic (exact) mass is 226 g/mol. The van der Waals surface area contributed by atoms with Crippen LogP contribution in [0.25, 0.3) is 5.57 Å². The minimum atomic E-state index is 0.638. The van der Waals surface area contributed by atoms with Crippen molar-refractivity contribution in [1.29, 1.82) is 0 Å². The Morgan fingerprint density at radius 1 is 1.06 bits per heavy atom. The van der Waals surface area contributed by atoms with E-state index in [1.54, 1.807) is 5.57 Å². The molecule has 0 heterocycles. The van der Waals surface area contributed by atoms with Crippen LogP contribution in [0.3, 0.4) is 0 Å². The van der Waals surface area contributed by atoms with Crippen LogP contribution in [-0.4, -0.2) is 0 Å². The molecule has 17 heavy (non-hydrogen) atoms. The van der Waals surface area contributed by atoms with Crippen molar-refractivity contribution in [3.05, 3.63) is 52.1 Å². The average Bonchev–Trinajstić information content (AvgIpc) is 2.29. The van der Waals surface area contributed by atoms with Gasteiger partial charge < -0.3 is 0 Å². The summed E-state index contributed by atoms with van der Waals surface area (Å²) in [7, 11) is 0. The molecule has 0 aliphatic heterocycles. The van der Waals surface area contributed by atoms with Crippen LogP contribution in [0, 0.1) is 19.8 Å². The molecule has 1 aliphatic rings. The van der Waals surface area contributed by atoms with Crippen LogP contribution in [0.4, 0.5) is 0 Å². The topological polar surface area (TPSA) is 0 Å². The van der Waals surface area contributed by atoms with E-state index in [1.165, 1.54) is 34.3 Å². The second kappa shape index (κ2) is 4.52. The fraction of sp³-hybridized carbons (Fsp3) is 0.412. The van der Waals surface area contributed by atoms with E-state index in [2.05, 4.69) is 58.9 Å². The predicted octanol–water partition coefficient (Wildman–Crippen LogP) is 5.06. The van der Waals surface area contributed by atoms with Crippen molar-refractivity contribution in [3.8, 4) is 0 Å². The first-order valence-electron chi connectivity index (χ1n) is 6.46. The third-order valence-electron chi connectivity index (χ3n) is 3.95. The molecule has 0 nitrogen and oxygen atoms in total. The van der Waals surface area contributed by atoms with Gasteiger partial charge in [0.25, 0.3) is 0 Å². The lowest BCUT2D eigenvalue weighted by Gasteiger charge is -2.25. The first-order chi connectivity index (χ1) is 8.00. The smallest absolute Gasteiger partial charge is 0.0147 e. The van der Waals surface area contributed by atoms with Gasteiger partial charge in [-0.2, -0.15) is 0 Å². The third-order valence-corrected chi connectivity index (χ3v) is 3.95. The molecule has 0 bridgehead atoms. The summed E-state index contributed by atoms with van der Waals surface area (Å²) < 4.78 is 0. The van der Waals surface area contributed by atoms with E-state index in [-0.39, 0.29) is 0 Å². The second-order valence-corrected chi connectivity index (χ2v) is 5.38. The van der Waals surface area contributed by atoms with Gasteiger partial charge >= 0.3 is 0 Å². The number of allylic oxidation sites excluding steroid dienone is 4. The molecule has 1 aliphatic carbocycles. The van der Waals surface area contributed by atoms with Gasteiger partial charge in [0.1, 0.15) is 0 Å². The van der Waals surface area contributed by atoms with Crippen LogP contribution in [0.5, 0.6) is 0 Å². The Kier molecular flexibility index (Phi) is 3.24. The zero-order valence-corrected chi connectivity index (χ0v) is 11.6. The fourth-order valence-electron chi connectivity index (χ4n) is 2.70. The standard InChI is InChI=1S/C17H22/c1-11-6-7-13(3)16(10-11)17-14(4)9-8-12(2)15(17)5/h6-8,10,14H,9H2,1-5H3. The molecule has 0 saturated heterocycles. The van der Waals surface area contributed by atoms with Crippen molar-refractivity contribution in [2.75, 3.05) is 0 Å². The number of aryl methyl sites for hydroxylation is 2. The Morgan fingerprint density at radius 3 is 2.47 bits per heavy atom. The molecule has 0 fully saturated rings. The van der Waals surface area contributed by atoms with Crippen molar-refractivity contribution >= 4 is 5.57 Å². The molecule has 1 atom stereocenters.